The molecule has 0 spiro atoms. The number of nitrogens with zero attached hydrogens (tertiary/aromatic N) is 1. The van der Waals surface area contributed by atoms with E-state index in [2.05, 4.69) is 5.32 Å². The Balaban J connectivity index is 1.53. The number of nitrogens with one attached hydrogen (secondary N) is 1. The predicted molar refractivity (Wildman–Crippen MR) is 125 cm³/mol. The van der Waals surface area contributed by atoms with Gasteiger partial charge in [0.25, 0.3) is 5.91 Å². The number of hydrogen-bond acceptors (Lipinski definition) is 4. The van der Waals surface area contributed by atoms with Crippen molar-refractivity contribution in [2.24, 2.45) is 0 Å². The number of halogens is 4. The van der Waals surface area contributed by atoms with Crippen molar-refractivity contribution in [3.8, 4) is 5.75 Å². The Morgan fingerprint density at radius 1 is 1.06 bits per heavy atom. The highest BCUT2D eigenvalue weighted by Crippen LogP contribution is 2.32. The van der Waals surface area contributed by atoms with Gasteiger partial charge in [-0.25, -0.2) is 9.18 Å². The van der Waals surface area contributed by atoms with E-state index in [1.807, 2.05) is 0 Å². The molecule has 0 saturated carbocycles. The molecular weight excluding hydrogens is 480 g/mol. The van der Waals surface area contributed by atoms with Crippen LogP contribution in [0.3, 0.4) is 0 Å². The number of fused-ring (bicyclic) bond motifs is 1. The van der Waals surface area contributed by atoms with Crippen molar-refractivity contribution >= 4 is 12.0 Å². The zero-order chi connectivity index (χ0) is 26.5. The molecule has 1 N–H and O–H groups in total. The van der Waals surface area contributed by atoms with Crippen molar-refractivity contribution in [3.05, 3.63) is 76.6 Å². The summed E-state index contributed by atoms with van der Waals surface area (Å²) in [5.74, 6) is 0.143. The molecule has 10 heteroatoms. The van der Waals surface area contributed by atoms with Crippen LogP contribution in [0.4, 0.5) is 22.4 Å². The van der Waals surface area contributed by atoms with Crippen molar-refractivity contribution in [2.75, 3.05) is 19.7 Å². The zero-order valence-electron chi connectivity index (χ0n) is 20.2. The number of carbonyl (C=O) groups excluding carboxylic acids is 2. The van der Waals surface area contributed by atoms with E-state index in [1.165, 1.54) is 6.07 Å². The van der Waals surface area contributed by atoms with E-state index in [0.29, 0.717) is 41.7 Å². The Labute approximate surface area is 206 Å². The third kappa shape index (κ3) is 7.47. The summed E-state index contributed by atoms with van der Waals surface area (Å²) in [6.45, 7) is 5.46. The van der Waals surface area contributed by atoms with E-state index in [-0.39, 0.29) is 31.2 Å². The molecule has 0 saturated heterocycles. The lowest BCUT2D eigenvalue weighted by Gasteiger charge is -2.29. The van der Waals surface area contributed by atoms with Crippen LogP contribution in [0.25, 0.3) is 0 Å². The van der Waals surface area contributed by atoms with Crippen molar-refractivity contribution < 1.29 is 36.6 Å². The minimum Gasteiger partial charge on any atom is -0.489 e. The standard InChI is InChI=1S/C26H28F4N2O4/c1-25(2,3)36-24(34)31-14-17(13-27)16-35-22-8-5-18(6-9-22)23(33)32-11-10-19-12-21(26(28,29)30)7-4-20(19)15-32/h4-9,12-13H,10-11,14-16H2,1-3H3,(H,31,34)/b17-13-. The number of ether oxygens (including phenoxy) is 2. The molecule has 36 heavy (non-hydrogen) atoms. The molecule has 1 aliphatic heterocycles. The molecule has 1 aliphatic rings. The molecule has 0 unspecified atom stereocenters. The van der Waals surface area contributed by atoms with Gasteiger partial charge in [-0.2, -0.15) is 13.2 Å². The second-order valence-electron chi connectivity index (χ2n) is 9.39. The van der Waals surface area contributed by atoms with Crippen LogP contribution in [-0.4, -0.2) is 42.2 Å². The van der Waals surface area contributed by atoms with E-state index in [9.17, 15) is 27.2 Å². The molecule has 194 valence electrons. The third-order valence-electron chi connectivity index (χ3n) is 5.37. The molecule has 0 bridgehead atoms. The molecule has 3 rings (SSSR count). The molecule has 0 aromatic heterocycles. The molecule has 1 heterocycles. The summed E-state index contributed by atoms with van der Waals surface area (Å²) in [6, 6.07) is 9.86. The van der Waals surface area contributed by atoms with Crippen molar-refractivity contribution in [1.29, 1.82) is 0 Å². The topological polar surface area (TPSA) is 67.9 Å². The molecule has 2 aromatic carbocycles. The summed E-state index contributed by atoms with van der Waals surface area (Å²) >= 11 is 0. The maximum Gasteiger partial charge on any atom is 0.416 e. The van der Waals surface area contributed by atoms with E-state index in [4.69, 9.17) is 9.47 Å². The second-order valence-corrected chi connectivity index (χ2v) is 9.39. The van der Waals surface area contributed by atoms with Crippen LogP contribution in [0.5, 0.6) is 5.75 Å². The van der Waals surface area contributed by atoms with Gasteiger partial charge in [-0.15, -0.1) is 0 Å². The van der Waals surface area contributed by atoms with Gasteiger partial charge >= 0.3 is 12.3 Å². The lowest BCUT2D eigenvalue weighted by atomic mass is 9.96. The quantitative estimate of drug-likeness (QED) is 0.512. The first kappa shape index (κ1) is 27.0. The molecule has 2 aromatic rings. The second kappa shape index (κ2) is 11.0. The first-order chi connectivity index (χ1) is 16.9. The largest absolute Gasteiger partial charge is 0.489 e. The Morgan fingerprint density at radius 2 is 1.75 bits per heavy atom. The maximum atomic E-state index is 13.2. The number of amides is 2. The fraction of sp³-hybridized carbons (Fsp3) is 0.385. The number of carbonyl (C=O) groups is 2. The van der Waals surface area contributed by atoms with Gasteiger partial charge in [-0.3, -0.25) is 4.79 Å². The van der Waals surface area contributed by atoms with Crippen molar-refractivity contribution in [1.82, 2.24) is 10.2 Å². The third-order valence-corrected chi connectivity index (χ3v) is 5.37. The lowest BCUT2D eigenvalue weighted by molar-refractivity contribution is -0.137. The molecule has 6 nitrogen and oxygen atoms in total. The number of rotatable bonds is 6. The summed E-state index contributed by atoms with van der Waals surface area (Å²) in [7, 11) is 0. The average molecular weight is 509 g/mol. The highest BCUT2D eigenvalue weighted by molar-refractivity contribution is 5.94. The van der Waals surface area contributed by atoms with Crippen molar-refractivity contribution in [3.63, 3.8) is 0 Å². The fourth-order valence-corrected chi connectivity index (χ4v) is 3.58. The fourth-order valence-electron chi connectivity index (χ4n) is 3.58. The summed E-state index contributed by atoms with van der Waals surface area (Å²) < 4.78 is 62.6. The first-order valence-electron chi connectivity index (χ1n) is 11.3. The Hall–Kier alpha value is -3.56. The lowest BCUT2D eigenvalue weighted by Crippen LogP contribution is -2.36. The Kier molecular flexibility index (Phi) is 8.27. The smallest absolute Gasteiger partial charge is 0.416 e. The van der Waals surface area contributed by atoms with Crippen LogP contribution in [0.15, 0.2) is 54.4 Å². The van der Waals surface area contributed by atoms with Crippen LogP contribution in [0.1, 0.15) is 47.8 Å². The van der Waals surface area contributed by atoms with Crippen LogP contribution in [-0.2, 0) is 23.9 Å². The van der Waals surface area contributed by atoms with Crippen LogP contribution < -0.4 is 10.1 Å². The highest BCUT2D eigenvalue weighted by Gasteiger charge is 2.32. The van der Waals surface area contributed by atoms with Crippen molar-refractivity contribution in [2.45, 2.75) is 45.5 Å². The molecule has 0 aliphatic carbocycles. The number of alkyl carbamates (subject to hydrolysis) is 1. The van der Waals surface area contributed by atoms with Gasteiger partial charge in [0.15, 0.2) is 0 Å². The Bertz CT molecular complexity index is 1120. The van der Waals surface area contributed by atoms with E-state index in [0.717, 1.165) is 12.1 Å². The van der Waals surface area contributed by atoms with Crippen LogP contribution in [0.2, 0.25) is 0 Å². The van der Waals surface area contributed by atoms with Gasteiger partial charge in [-0.05, 0) is 74.7 Å². The van der Waals surface area contributed by atoms with Gasteiger partial charge in [0.2, 0.25) is 0 Å². The van der Waals surface area contributed by atoms with E-state index >= 15 is 0 Å². The molecule has 0 radical (unpaired) electrons. The zero-order valence-corrected chi connectivity index (χ0v) is 20.2. The summed E-state index contributed by atoms with van der Waals surface area (Å²) in [5, 5.41) is 2.45. The average Bonchev–Trinajstić information content (AvgIpc) is 2.81. The van der Waals surface area contributed by atoms with Gasteiger partial charge in [-0.1, -0.05) is 6.07 Å². The minimum atomic E-state index is -4.40. The number of benzene rings is 2. The first-order valence-corrected chi connectivity index (χ1v) is 11.3. The normalized spacial score (nSPS) is 14.2. The molecular formula is C26H28F4N2O4. The molecule has 0 fully saturated rings. The number of hydrogen-bond donors (Lipinski definition) is 1. The maximum absolute atomic E-state index is 13.2. The SMILES string of the molecule is CC(C)(C)OC(=O)NC/C(=C/F)COc1ccc(C(=O)N2CCc3cc(C(F)(F)F)ccc3C2)cc1. The van der Waals surface area contributed by atoms with Crippen LogP contribution >= 0.6 is 0 Å². The van der Waals surface area contributed by atoms with Gasteiger partial charge in [0, 0.05) is 30.8 Å². The monoisotopic (exact) mass is 508 g/mol. The van der Waals surface area contributed by atoms with Gasteiger partial charge in [0.1, 0.15) is 18.0 Å². The summed E-state index contributed by atoms with van der Waals surface area (Å²) in [6.07, 6.45) is -4.39. The molecule has 2 amide bonds. The highest BCUT2D eigenvalue weighted by atomic mass is 19.4. The van der Waals surface area contributed by atoms with Crippen LogP contribution in [0, 0.1) is 0 Å². The molecule has 0 atom stereocenters. The van der Waals surface area contributed by atoms with E-state index < -0.39 is 23.4 Å². The summed E-state index contributed by atoms with van der Waals surface area (Å²) in [5.41, 5.74) is 0.493. The minimum absolute atomic E-state index is 0.0944. The summed E-state index contributed by atoms with van der Waals surface area (Å²) in [4.78, 5) is 26.2. The van der Waals surface area contributed by atoms with Gasteiger partial charge in [0.05, 0.1) is 11.9 Å². The van der Waals surface area contributed by atoms with E-state index in [1.54, 1.807) is 49.9 Å². The predicted octanol–water partition coefficient (Wildman–Crippen LogP) is 5.66. The number of alkyl halides is 3. The Morgan fingerprint density at radius 3 is 2.36 bits per heavy atom. The van der Waals surface area contributed by atoms with Gasteiger partial charge < -0.3 is 19.7 Å².